The van der Waals surface area contributed by atoms with Gasteiger partial charge < -0.3 is 9.84 Å². The molecule has 0 bridgehead atoms. The largest absolute Gasteiger partial charge is 0.480 e. The van der Waals surface area contributed by atoms with Crippen LogP contribution in [-0.2, 0) is 16.1 Å². The standard InChI is InChI=1S/C22H18BrF3N4O4S/c1-2-34-21(33)15-13(9-30-10-22(25,26)8-14(30)20(31)32)28-18(19-27-6-7-35-19)29-17(15)11-4-3-5-12(24)16(11)23/h3-7,14H,2,8-10H2,1H3,(H,31,32)/t14-/m0/s1. The monoisotopic (exact) mass is 570 g/mol. The Labute approximate surface area is 209 Å². The maximum absolute atomic E-state index is 14.4. The number of carboxylic acids is 1. The molecule has 1 aliphatic rings. The average molecular weight is 571 g/mol. The van der Waals surface area contributed by atoms with Crippen LogP contribution in [0.5, 0.6) is 0 Å². The number of ether oxygens (including phenoxy) is 1. The van der Waals surface area contributed by atoms with Gasteiger partial charge in [0.25, 0.3) is 5.92 Å². The van der Waals surface area contributed by atoms with Crippen molar-refractivity contribution in [1.82, 2.24) is 19.9 Å². The van der Waals surface area contributed by atoms with Crippen LogP contribution in [0.2, 0.25) is 0 Å². The first kappa shape index (κ1) is 25.2. The maximum Gasteiger partial charge on any atom is 0.342 e. The summed E-state index contributed by atoms with van der Waals surface area (Å²) in [5.41, 5.74) is 0.00970. The van der Waals surface area contributed by atoms with E-state index < -0.39 is 49.2 Å². The number of alkyl halides is 2. The number of esters is 1. The second-order valence-corrected chi connectivity index (χ2v) is 9.38. The van der Waals surface area contributed by atoms with E-state index in [9.17, 15) is 27.9 Å². The lowest BCUT2D eigenvalue weighted by Gasteiger charge is -2.22. The fraction of sp³-hybridized carbons (Fsp3) is 0.318. The van der Waals surface area contributed by atoms with Crippen LogP contribution in [0.15, 0.2) is 34.2 Å². The Morgan fingerprint density at radius 3 is 2.77 bits per heavy atom. The Hall–Kier alpha value is -2.90. The van der Waals surface area contributed by atoms with E-state index >= 15 is 0 Å². The van der Waals surface area contributed by atoms with E-state index in [4.69, 9.17) is 4.74 Å². The third-order valence-corrected chi connectivity index (χ3v) is 6.87. The van der Waals surface area contributed by atoms with E-state index in [0.717, 1.165) is 4.90 Å². The Morgan fingerprint density at radius 1 is 1.34 bits per heavy atom. The summed E-state index contributed by atoms with van der Waals surface area (Å²) in [4.78, 5) is 38.8. The Balaban J connectivity index is 1.95. The van der Waals surface area contributed by atoms with Gasteiger partial charge in [0, 0.05) is 30.1 Å². The predicted octanol–water partition coefficient (Wildman–Crippen LogP) is 4.64. The number of hydrogen-bond acceptors (Lipinski definition) is 8. The molecule has 35 heavy (non-hydrogen) atoms. The second-order valence-electron chi connectivity index (χ2n) is 7.70. The summed E-state index contributed by atoms with van der Waals surface area (Å²) >= 11 is 4.38. The lowest BCUT2D eigenvalue weighted by molar-refractivity contribution is -0.142. The summed E-state index contributed by atoms with van der Waals surface area (Å²) in [6.07, 6.45) is 0.644. The third kappa shape index (κ3) is 5.21. The molecule has 0 amide bonds. The van der Waals surface area contributed by atoms with Crippen LogP contribution in [0.4, 0.5) is 13.2 Å². The minimum atomic E-state index is -3.23. The molecule has 1 aromatic carbocycles. The molecular weight excluding hydrogens is 553 g/mol. The molecule has 0 radical (unpaired) electrons. The van der Waals surface area contributed by atoms with Gasteiger partial charge in [-0.15, -0.1) is 11.3 Å². The molecule has 3 aromatic rings. The van der Waals surface area contributed by atoms with Crippen LogP contribution in [-0.4, -0.2) is 62.0 Å². The molecule has 1 atom stereocenters. The first-order valence-electron chi connectivity index (χ1n) is 10.4. The highest BCUT2D eigenvalue weighted by Crippen LogP contribution is 2.37. The van der Waals surface area contributed by atoms with Crippen LogP contribution in [0.3, 0.4) is 0 Å². The highest BCUT2D eigenvalue weighted by atomic mass is 79.9. The van der Waals surface area contributed by atoms with Crippen LogP contribution in [0.25, 0.3) is 22.1 Å². The number of rotatable bonds is 7. The molecule has 0 aliphatic carbocycles. The van der Waals surface area contributed by atoms with Crippen molar-refractivity contribution in [2.45, 2.75) is 31.9 Å². The molecule has 13 heteroatoms. The Kier molecular flexibility index (Phi) is 7.20. The smallest absolute Gasteiger partial charge is 0.342 e. The molecule has 1 fully saturated rings. The van der Waals surface area contributed by atoms with E-state index in [0.29, 0.717) is 5.01 Å². The zero-order valence-corrected chi connectivity index (χ0v) is 20.6. The van der Waals surface area contributed by atoms with Crippen molar-refractivity contribution in [1.29, 1.82) is 0 Å². The number of nitrogens with zero attached hydrogens (tertiary/aromatic N) is 4. The second kappa shape index (κ2) is 9.99. The minimum Gasteiger partial charge on any atom is -0.480 e. The lowest BCUT2D eigenvalue weighted by Crippen LogP contribution is -2.36. The fourth-order valence-corrected chi connectivity index (χ4v) is 4.86. The van der Waals surface area contributed by atoms with Crippen molar-refractivity contribution in [3.05, 3.63) is 51.3 Å². The average Bonchev–Trinajstić information content (AvgIpc) is 3.43. The van der Waals surface area contributed by atoms with Gasteiger partial charge in [0.2, 0.25) is 0 Å². The highest BCUT2D eigenvalue weighted by molar-refractivity contribution is 9.10. The number of carbonyl (C=O) groups excluding carboxylic acids is 1. The number of carbonyl (C=O) groups is 2. The Bertz CT molecular complexity index is 1280. The fourth-order valence-electron chi connectivity index (χ4n) is 3.84. The summed E-state index contributed by atoms with van der Waals surface area (Å²) in [5, 5.41) is 11.6. The molecule has 1 saturated heterocycles. The molecule has 184 valence electrons. The van der Waals surface area contributed by atoms with Crippen LogP contribution in [0.1, 0.15) is 29.4 Å². The summed E-state index contributed by atoms with van der Waals surface area (Å²) in [5.74, 6) is -6.03. The van der Waals surface area contributed by atoms with E-state index in [1.165, 1.54) is 35.7 Å². The SMILES string of the molecule is CCOC(=O)c1c(CN2CC(F)(F)C[C@H]2C(=O)O)nc(-c2nccs2)nc1-c1cccc(F)c1Br. The summed E-state index contributed by atoms with van der Waals surface area (Å²) < 4.78 is 47.9. The lowest BCUT2D eigenvalue weighted by atomic mass is 10.0. The van der Waals surface area contributed by atoms with Gasteiger partial charge in [0.1, 0.15) is 17.4 Å². The molecule has 0 saturated carbocycles. The summed E-state index contributed by atoms with van der Waals surface area (Å²) in [6.45, 7) is 0.348. The number of carboxylic acid groups (broad SMARTS) is 1. The van der Waals surface area contributed by atoms with Crippen molar-refractivity contribution >= 4 is 39.2 Å². The van der Waals surface area contributed by atoms with Crippen molar-refractivity contribution in [2.75, 3.05) is 13.2 Å². The quantitative estimate of drug-likeness (QED) is 0.409. The molecule has 0 spiro atoms. The van der Waals surface area contributed by atoms with Gasteiger partial charge in [-0.2, -0.15) is 0 Å². The normalized spacial score (nSPS) is 17.5. The highest BCUT2D eigenvalue weighted by Gasteiger charge is 2.48. The number of likely N-dealkylation sites (tertiary alicyclic amines) is 1. The molecule has 8 nitrogen and oxygen atoms in total. The number of aliphatic carboxylic acids is 1. The van der Waals surface area contributed by atoms with E-state index in [1.807, 2.05) is 0 Å². The van der Waals surface area contributed by atoms with E-state index in [-0.39, 0.29) is 39.4 Å². The van der Waals surface area contributed by atoms with Crippen LogP contribution < -0.4 is 0 Å². The molecule has 3 heterocycles. The van der Waals surface area contributed by atoms with Crippen molar-refractivity contribution in [3.8, 4) is 22.1 Å². The van der Waals surface area contributed by atoms with Crippen molar-refractivity contribution < 1.29 is 32.6 Å². The molecule has 4 rings (SSSR count). The third-order valence-electron chi connectivity index (χ3n) is 5.30. The molecular formula is C22H18BrF3N4O4S. The molecule has 1 N–H and O–H groups in total. The minimum absolute atomic E-state index is 0.00265. The number of hydrogen-bond donors (Lipinski definition) is 1. The van der Waals surface area contributed by atoms with Gasteiger partial charge in [0.05, 0.1) is 29.0 Å². The van der Waals surface area contributed by atoms with Gasteiger partial charge in [-0.3, -0.25) is 9.69 Å². The first-order valence-corrected chi connectivity index (χ1v) is 12.1. The van der Waals surface area contributed by atoms with Crippen molar-refractivity contribution in [2.24, 2.45) is 0 Å². The molecule has 2 aromatic heterocycles. The van der Waals surface area contributed by atoms with Crippen LogP contribution >= 0.6 is 27.3 Å². The van der Waals surface area contributed by atoms with Gasteiger partial charge in [-0.1, -0.05) is 12.1 Å². The molecule has 0 unspecified atom stereocenters. The Morgan fingerprint density at radius 2 is 2.11 bits per heavy atom. The van der Waals surface area contributed by atoms with Gasteiger partial charge >= 0.3 is 11.9 Å². The van der Waals surface area contributed by atoms with Gasteiger partial charge in [0.15, 0.2) is 10.8 Å². The summed E-state index contributed by atoms with van der Waals surface area (Å²) in [7, 11) is 0. The van der Waals surface area contributed by atoms with E-state index in [1.54, 1.807) is 12.3 Å². The number of halogens is 4. The topological polar surface area (TPSA) is 106 Å². The van der Waals surface area contributed by atoms with Crippen molar-refractivity contribution in [3.63, 3.8) is 0 Å². The molecule has 1 aliphatic heterocycles. The maximum atomic E-state index is 14.4. The zero-order valence-electron chi connectivity index (χ0n) is 18.2. The van der Waals surface area contributed by atoms with Gasteiger partial charge in [-0.25, -0.2) is 32.9 Å². The summed E-state index contributed by atoms with van der Waals surface area (Å²) in [6, 6.07) is 2.68. The number of thiazole rings is 1. The predicted molar refractivity (Wildman–Crippen MR) is 124 cm³/mol. The number of benzene rings is 1. The van der Waals surface area contributed by atoms with Crippen LogP contribution in [0, 0.1) is 5.82 Å². The number of aromatic nitrogens is 3. The first-order chi connectivity index (χ1) is 16.6. The van der Waals surface area contributed by atoms with Gasteiger partial charge in [-0.05, 0) is 28.9 Å². The zero-order chi connectivity index (χ0) is 25.3. The van der Waals surface area contributed by atoms with E-state index in [2.05, 4.69) is 30.9 Å².